The third-order valence-electron chi connectivity index (χ3n) is 6.28. The molecule has 2 aromatic rings. The van der Waals surface area contributed by atoms with E-state index in [1.165, 1.54) is 27.5 Å². The summed E-state index contributed by atoms with van der Waals surface area (Å²) in [6, 6.07) is 9.86. The Balaban J connectivity index is 1.57. The molecule has 0 saturated carbocycles. The summed E-state index contributed by atoms with van der Waals surface area (Å²) in [6.07, 6.45) is 2.65. The van der Waals surface area contributed by atoms with Crippen molar-refractivity contribution in [3.63, 3.8) is 0 Å². The van der Waals surface area contributed by atoms with E-state index in [2.05, 4.69) is 10.7 Å². The van der Waals surface area contributed by atoms with Crippen LogP contribution in [-0.4, -0.2) is 42.9 Å². The lowest BCUT2D eigenvalue weighted by Crippen LogP contribution is -2.58. The zero-order chi connectivity index (χ0) is 26.0. The Labute approximate surface area is 210 Å². The van der Waals surface area contributed by atoms with Crippen molar-refractivity contribution in [2.75, 3.05) is 13.1 Å². The van der Waals surface area contributed by atoms with Gasteiger partial charge >= 0.3 is 0 Å². The molecule has 2 aliphatic heterocycles. The third-order valence-corrected chi connectivity index (χ3v) is 8.20. The van der Waals surface area contributed by atoms with Gasteiger partial charge in [-0.05, 0) is 55.2 Å². The first kappa shape index (κ1) is 25.8. The van der Waals surface area contributed by atoms with Gasteiger partial charge < -0.3 is 5.32 Å². The van der Waals surface area contributed by atoms with E-state index in [0.29, 0.717) is 42.0 Å². The first-order valence-electron chi connectivity index (χ1n) is 12.0. The summed E-state index contributed by atoms with van der Waals surface area (Å²) >= 11 is 0. The van der Waals surface area contributed by atoms with Gasteiger partial charge in [0.05, 0.1) is 4.90 Å². The van der Waals surface area contributed by atoms with E-state index >= 15 is 0 Å². The molecule has 7 nitrogen and oxygen atoms in total. The summed E-state index contributed by atoms with van der Waals surface area (Å²) in [6.45, 7) is 6.52. The van der Waals surface area contributed by atoms with E-state index in [-0.39, 0.29) is 16.4 Å². The number of sulfonamides is 1. The minimum absolute atomic E-state index is 0.199. The number of nitrogens with one attached hydrogen (secondary N) is 2. The number of halogens is 2. The summed E-state index contributed by atoms with van der Waals surface area (Å²) in [7, 11) is -3.61. The summed E-state index contributed by atoms with van der Waals surface area (Å²) in [5.74, 6) is -1.62. The lowest BCUT2D eigenvalue weighted by Gasteiger charge is -2.41. The number of carbonyl (C=O) groups excluding carboxylic acids is 1. The topological polar surface area (TPSA) is 81.8 Å². The van der Waals surface area contributed by atoms with Gasteiger partial charge in [0.25, 0.3) is 5.91 Å². The van der Waals surface area contributed by atoms with Crippen LogP contribution in [0.15, 0.2) is 59.1 Å². The fourth-order valence-corrected chi connectivity index (χ4v) is 6.15. The van der Waals surface area contributed by atoms with Crippen molar-refractivity contribution in [1.82, 2.24) is 20.1 Å². The van der Waals surface area contributed by atoms with Crippen molar-refractivity contribution in [2.45, 2.75) is 51.1 Å². The normalized spacial score (nSPS) is 18.1. The number of allylic oxidation sites excluding steroid dienone is 1. The number of benzene rings is 2. The summed E-state index contributed by atoms with van der Waals surface area (Å²) in [5, 5.41) is 4.71. The van der Waals surface area contributed by atoms with Crippen LogP contribution in [0, 0.1) is 11.6 Å². The highest BCUT2D eigenvalue weighted by Gasteiger charge is 2.34. The molecule has 0 spiro atoms. The highest BCUT2D eigenvalue weighted by Crippen LogP contribution is 2.32. The van der Waals surface area contributed by atoms with Crippen LogP contribution in [0.25, 0.3) is 11.3 Å². The SMILES string of the molecule is CCCN(CCC)S(=O)(=O)c1ccc(C2=CC(=O)N3NC(C)=C(c4ccc(F)cc4F)CC3N2)cc1. The molecule has 36 heavy (non-hydrogen) atoms. The van der Waals surface area contributed by atoms with Crippen molar-refractivity contribution < 1.29 is 22.0 Å². The predicted molar refractivity (Wildman–Crippen MR) is 134 cm³/mol. The second kappa shape index (κ2) is 10.4. The highest BCUT2D eigenvalue weighted by atomic mass is 32.2. The van der Waals surface area contributed by atoms with Crippen LogP contribution in [0.4, 0.5) is 8.78 Å². The predicted octanol–water partition coefficient (Wildman–Crippen LogP) is 4.21. The maximum absolute atomic E-state index is 14.5. The number of nitrogens with zero attached hydrogens (tertiary/aromatic N) is 2. The number of fused-ring (bicyclic) bond motifs is 1. The van der Waals surface area contributed by atoms with Crippen LogP contribution >= 0.6 is 0 Å². The van der Waals surface area contributed by atoms with E-state index in [9.17, 15) is 22.0 Å². The Bertz CT molecular complexity index is 1320. The van der Waals surface area contributed by atoms with Crippen molar-refractivity contribution in [3.8, 4) is 0 Å². The Kier molecular flexibility index (Phi) is 7.46. The molecule has 1 atom stereocenters. The molecule has 0 radical (unpaired) electrons. The minimum atomic E-state index is -3.61. The molecule has 0 fully saturated rings. The van der Waals surface area contributed by atoms with Crippen LogP contribution in [0.5, 0.6) is 0 Å². The quantitative estimate of drug-likeness (QED) is 0.549. The van der Waals surface area contributed by atoms with Crippen molar-refractivity contribution in [3.05, 3.63) is 77.0 Å². The van der Waals surface area contributed by atoms with Gasteiger partial charge in [-0.2, -0.15) is 4.31 Å². The molecular weight excluding hydrogens is 486 g/mol. The lowest BCUT2D eigenvalue weighted by atomic mass is 9.95. The molecule has 0 aliphatic carbocycles. The Hall–Kier alpha value is -3.24. The van der Waals surface area contributed by atoms with Gasteiger partial charge in [-0.1, -0.05) is 26.0 Å². The molecule has 2 aliphatic rings. The molecule has 0 aromatic heterocycles. The van der Waals surface area contributed by atoms with Gasteiger partial charge in [0.15, 0.2) is 0 Å². The van der Waals surface area contributed by atoms with Crippen molar-refractivity contribution in [1.29, 1.82) is 0 Å². The molecule has 1 unspecified atom stereocenters. The average molecular weight is 517 g/mol. The molecule has 2 heterocycles. The zero-order valence-corrected chi connectivity index (χ0v) is 21.3. The molecular formula is C26H30F2N4O3S. The smallest absolute Gasteiger partial charge is 0.268 e. The molecule has 4 rings (SSSR count). The number of rotatable bonds is 8. The van der Waals surface area contributed by atoms with E-state index in [1.807, 2.05) is 13.8 Å². The average Bonchev–Trinajstić information content (AvgIpc) is 2.84. The molecule has 2 aromatic carbocycles. The minimum Gasteiger partial charge on any atom is -0.363 e. The van der Waals surface area contributed by atoms with Crippen molar-refractivity contribution in [2.24, 2.45) is 0 Å². The molecule has 0 bridgehead atoms. The van der Waals surface area contributed by atoms with Gasteiger partial charge in [-0.15, -0.1) is 0 Å². The Morgan fingerprint density at radius 3 is 2.33 bits per heavy atom. The number of hydrogen-bond donors (Lipinski definition) is 2. The molecule has 1 amide bonds. The monoisotopic (exact) mass is 516 g/mol. The number of carbonyl (C=O) groups is 1. The Morgan fingerprint density at radius 2 is 1.72 bits per heavy atom. The van der Waals surface area contributed by atoms with E-state index in [0.717, 1.165) is 18.9 Å². The molecule has 192 valence electrons. The fourth-order valence-electron chi connectivity index (χ4n) is 4.52. The van der Waals surface area contributed by atoms with Crippen LogP contribution < -0.4 is 10.7 Å². The maximum atomic E-state index is 14.5. The van der Waals surface area contributed by atoms with E-state index in [4.69, 9.17) is 0 Å². The summed E-state index contributed by atoms with van der Waals surface area (Å²) in [4.78, 5) is 13.1. The van der Waals surface area contributed by atoms with Crippen LogP contribution in [0.3, 0.4) is 0 Å². The summed E-state index contributed by atoms with van der Waals surface area (Å²) < 4.78 is 55.5. The van der Waals surface area contributed by atoms with Gasteiger partial charge in [0.1, 0.15) is 17.8 Å². The lowest BCUT2D eigenvalue weighted by molar-refractivity contribution is -0.132. The van der Waals surface area contributed by atoms with Gasteiger partial charge in [0, 0.05) is 48.6 Å². The number of amides is 1. The maximum Gasteiger partial charge on any atom is 0.268 e. The second-order valence-corrected chi connectivity index (χ2v) is 10.8. The Morgan fingerprint density at radius 1 is 1.06 bits per heavy atom. The van der Waals surface area contributed by atoms with Gasteiger partial charge in [0.2, 0.25) is 10.0 Å². The van der Waals surface area contributed by atoms with Crippen LogP contribution in [0.2, 0.25) is 0 Å². The largest absolute Gasteiger partial charge is 0.363 e. The van der Waals surface area contributed by atoms with Crippen LogP contribution in [0.1, 0.15) is 51.2 Å². The zero-order valence-electron chi connectivity index (χ0n) is 20.5. The highest BCUT2D eigenvalue weighted by molar-refractivity contribution is 7.89. The number of hydrogen-bond acceptors (Lipinski definition) is 5. The van der Waals surface area contributed by atoms with E-state index in [1.54, 1.807) is 31.2 Å². The first-order chi connectivity index (χ1) is 17.1. The first-order valence-corrected chi connectivity index (χ1v) is 13.4. The number of hydrazine groups is 1. The van der Waals surface area contributed by atoms with Gasteiger partial charge in [-0.25, -0.2) is 22.2 Å². The van der Waals surface area contributed by atoms with Gasteiger partial charge in [-0.3, -0.25) is 10.2 Å². The fraction of sp³-hybridized carbons (Fsp3) is 0.346. The second-order valence-electron chi connectivity index (χ2n) is 8.90. The van der Waals surface area contributed by atoms with Crippen LogP contribution in [-0.2, 0) is 14.8 Å². The molecule has 2 N–H and O–H groups in total. The van der Waals surface area contributed by atoms with E-state index < -0.39 is 27.8 Å². The van der Waals surface area contributed by atoms with Crippen molar-refractivity contribution >= 4 is 27.2 Å². The molecule has 10 heteroatoms. The third kappa shape index (κ3) is 5.01. The summed E-state index contributed by atoms with van der Waals surface area (Å²) in [5.41, 5.74) is 5.69. The molecule has 0 saturated heterocycles. The standard InChI is InChI=1S/C26H30F2N4O3S/c1-4-12-31(13-5-2)36(34,35)20-9-6-18(7-10-20)24-16-26(33)32-25(29-24)15-22(17(3)30-32)21-11-8-19(27)14-23(21)28/h6-11,14,16,25,29-30H,4-5,12-13,15H2,1-3H3.